The minimum atomic E-state index is 0.0510. The molecule has 0 aromatic heterocycles. The van der Waals surface area contributed by atoms with Gasteiger partial charge in [-0.3, -0.25) is 9.69 Å². The average Bonchev–Trinajstić information content (AvgIpc) is 3.27. The molecule has 0 atom stereocenters. The summed E-state index contributed by atoms with van der Waals surface area (Å²) >= 11 is 0. The number of nitrogens with zero attached hydrogens (tertiary/aromatic N) is 2. The Bertz CT molecular complexity index is 982. The Balaban J connectivity index is 1.35. The number of piperidine rings is 1. The molecule has 0 unspecified atom stereocenters. The monoisotopic (exact) mass is 466 g/mol. The number of hydrogen-bond donors (Lipinski definition) is 0. The summed E-state index contributed by atoms with van der Waals surface area (Å²) in [5.41, 5.74) is 2.09. The summed E-state index contributed by atoms with van der Waals surface area (Å²) in [5, 5.41) is 0. The van der Waals surface area contributed by atoms with E-state index in [1.54, 1.807) is 20.3 Å². The van der Waals surface area contributed by atoms with Gasteiger partial charge in [-0.25, -0.2) is 0 Å². The van der Waals surface area contributed by atoms with Crippen molar-refractivity contribution in [1.29, 1.82) is 0 Å². The van der Waals surface area contributed by atoms with Crippen LogP contribution in [0.5, 0.6) is 17.2 Å². The number of benzene rings is 2. The van der Waals surface area contributed by atoms with Crippen molar-refractivity contribution >= 4 is 5.91 Å². The van der Waals surface area contributed by atoms with Gasteiger partial charge < -0.3 is 19.1 Å². The maximum Gasteiger partial charge on any atom is 0.257 e. The molecule has 0 bridgehead atoms. The molecule has 2 aromatic carbocycles. The predicted molar refractivity (Wildman–Crippen MR) is 134 cm³/mol. The Hall–Kier alpha value is -2.73. The number of hydrogen-bond acceptors (Lipinski definition) is 5. The average molecular weight is 467 g/mol. The second-order valence-corrected chi connectivity index (χ2v) is 10.1. The largest absolute Gasteiger partial charge is 0.497 e. The van der Waals surface area contributed by atoms with E-state index in [4.69, 9.17) is 14.2 Å². The first-order valence-electron chi connectivity index (χ1n) is 12.4. The predicted octanol–water partition coefficient (Wildman–Crippen LogP) is 4.87. The van der Waals surface area contributed by atoms with E-state index in [1.165, 1.54) is 5.56 Å². The number of carbonyl (C=O) groups excluding carboxylic acids is 1. The van der Waals surface area contributed by atoms with Crippen LogP contribution < -0.4 is 14.2 Å². The maximum absolute atomic E-state index is 13.3. The highest BCUT2D eigenvalue weighted by Crippen LogP contribution is 2.42. The SMILES string of the molecule is COc1ccc(C(=O)N2CCC3(CCN(Cc4ccccc4OCC(C)C)CC3)C2)c(OC)c1. The second-order valence-electron chi connectivity index (χ2n) is 10.1. The zero-order valence-corrected chi connectivity index (χ0v) is 21.0. The third kappa shape index (κ3) is 5.49. The zero-order chi connectivity index (χ0) is 24.1. The van der Waals surface area contributed by atoms with Crippen molar-refractivity contribution in [2.24, 2.45) is 11.3 Å². The van der Waals surface area contributed by atoms with Gasteiger partial charge in [0, 0.05) is 31.3 Å². The number of methoxy groups -OCH3 is 2. The van der Waals surface area contributed by atoms with Crippen LogP contribution >= 0.6 is 0 Å². The summed E-state index contributed by atoms with van der Waals surface area (Å²) in [6.45, 7) is 9.72. The van der Waals surface area contributed by atoms with Gasteiger partial charge in [0.1, 0.15) is 17.2 Å². The van der Waals surface area contributed by atoms with Crippen LogP contribution in [0.3, 0.4) is 0 Å². The molecule has 0 aliphatic carbocycles. The van der Waals surface area contributed by atoms with E-state index in [1.807, 2.05) is 23.1 Å². The lowest BCUT2D eigenvalue weighted by molar-refractivity contribution is 0.0709. The summed E-state index contributed by atoms with van der Waals surface area (Å²) in [6.07, 6.45) is 3.30. The van der Waals surface area contributed by atoms with Gasteiger partial charge in [-0.15, -0.1) is 0 Å². The fraction of sp³-hybridized carbons (Fsp3) is 0.536. The van der Waals surface area contributed by atoms with Crippen LogP contribution in [0.4, 0.5) is 0 Å². The van der Waals surface area contributed by atoms with Gasteiger partial charge in [0.25, 0.3) is 5.91 Å². The van der Waals surface area contributed by atoms with Crippen LogP contribution in [0.1, 0.15) is 49.0 Å². The topological polar surface area (TPSA) is 51.2 Å². The number of rotatable bonds is 8. The minimum absolute atomic E-state index is 0.0510. The fourth-order valence-electron chi connectivity index (χ4n) is 5.12. The Morgan fingerprint density at radius 3 is 2.41 bits per heavy atom. The molecule has 1 amide bonds. The van der Waals surface area contributed by atoms with Gasteiger partial charge in [-0.2, -0.15) is 0 Å². The number of amides is 1. The van der Waals surface area contributed by atoms with Crippen molar-refractivity contribution in [2.45, 2.75) is 39.7 Å². The van der Waals surface area contributed by atoms with E-state index in [0.717, 1.165) is 64.3 Å². The van der Waals surface area contributed by atoms with Crippen molar-refractivity contribution < 1.29 is 19.0 Å². The Labute approximate surface area is 203 Å². The molecule has 2 saturated heterocycles. The van der Waals surface area contributed by atoms with E-state index in [9.17, 15) is 4.79 Å². The molecule has 0 saturated carbocycles. The molecule has 2 fully saturated rings. The van der Waals surface area contributed by atoms with Gasteiger partial charge in [-0.1, -0.05) is 32.0 Å². The first-order valence-corrected chi connectivity index (χ1v) is 12.4. The summed E-state index contributed by atoms with van der Waals surface area (Å²) in [5.74, 6) is 2.82. The summed E-state index contributed by atoms with van der Waals surface area (Å²) in [6, 6.07) is 13.8. The zero-order valence-electron chi connectivity index (χ0n) is 21.0. The van der Waals surface area contributed by atoms with E-state index in [2.05, 4.69) is 36.9 Å². The minimum Gasteiger partial charge on any atom is -0.497 e. The third-order valence-electron chi connectivity index (χ3n) is 7.22. The summed E-state index contributed by atoms with van der Waals surface area (Å²) in [4.78, 5) is 17.8. The molecule has 6 nitrogen and oxygen atoms in total. The molecule has 1 spiro atoms. The lowest BCUT2D eigenvalue weighted by atomic mass is 9.77. The molecule has 184 valence electrons. The molecule has 0 radical (unpaired) electrons. The summed E-state index contributed by atoms with van der Waals surface area (Å²) in [7, 11) is 3.21. The lowest BCUT2D eigenvalue weighted by Gasteiger charge is -2.39. The normalized spacial score (nSPS) is 17.9. The number of carbonyl (C=O) groups is 1. The quantitative estimate of drug-likeness (QED) is 0.556. The van der Waals surface area contributed by atoms with Gasteiger partial charge in [0.2, 0.25) is 0 Å². The molecule has 2 aliphatic rings. The number of likely N-dealkylation sites (tertiary alicyclic amines) is 2. The molecule has 2 aromatic rings. The smallest absolute Gasteiger partial charge is 0.257 e. The molecule has 2 heterocycles. The first kappa shape index (κ1) is 24.4. The number of para-hydroxylation sites is 1. The molecule has 34 heavy (non-hydrogen) atoms. The van der Waals surface area contributed by atoms with Crippen LogP contribution in [-0.2, 0) is 6.54 Å². The summed E-state index contributed by atoms with van der Waals surface area (Å²) < 4.78 is 16.8. The lowest BCUT2D eigenvalue weighted by Crippen LogP contribution is -2.42. The van der Waals surface area contributed by atoms with Gasteiger partial charge in [0.15, 0.2) is 0 Å². The van der Waals surface area contributed by atoms with Gasteiger partial charge >= 0.3 is 0 Å². The van der Waals surface area contributed by atoms with Crippen LogP contribution in [0.25, 0.3) is 0 Å². The highest BCUT2D eigenvalue weighted by atomic mass is 16.5. The van der Waals surface area contributed by atoms with E-state index in [-0.39, 0.29) is 11.3 Å². The molecule has 0 N–H and O–H groups in total. The Morgan fingerprint density at radius 2 is 1.71 bits per heavy atom. The van der Waals surface area contributed by atoms with Crippen molar-refractivity contribution in [1.82, 2.24) is 9.80 Å². The third-order valence-corrected chi connectivity index (χ3v) is 7.22. The van der Waals surface area contributed by atoms with E-state index >= 15 is 0 Å². The number of ether oxygens (including phenoxy) is 3. The first-order chi connectivity index (χ1) is 16.4. The standard InChI is InChI=1S/C28H38N2O4/c1-21(2)19-34-25-8-6-5-7-22(25)18-29-14-11-28(12-15-29)13-16-30(20-28)27(31)24-10-9-23(32-3)17-26(24)33-4/h5-10,17,21H,11-16,18-20H2,1-4H3. The molecular weight excluding hydrogens is 428 g/mol. The van der Waals surface area contributed by atoms with Crippen molar-refractivity contribution in [3.05, 3.63) is 53.6 Å². The highest BCUT2D eigenvalue weighted by Gasteiger charge is 2.42. The molecule has 4 rings (SSSR count). The van der Waals surface area contributed by atoms with Crippen LogP contribution in [0.15, 0.2) is 42.5 Å². The highest BCUT2D eigenvalue weighted by molar-refractivity contribution is 5.97. The van der Waals surface area contributed by atoms with Crippen molar-refractivity contribution in [2.75, 3.05) is 47.0 Å². The maximum atomic E-state index is 13.3. The molecule has 2 aliphatic heterocycles. The Morgan fingerprint density at radius 1 is 0.971 bits per heavy atom. The van der Waals surface area contributed by atoms with Gasteiger partial charge in [-0.05, 0) is 61.9 Å². The van der Waals surface area contributed by atoms with Crippen molar-refractivity contribution in [3.63, 3.8) is 0 Å². The van der Waals surface area contributed by atoms with E-state index in [0.29, 0.717) is 23.0 Å². The van der Waals surface area contributed by atoms with Crippen LogP contribution in [0, 0.1) is 11.3 Å². The van der Waals surface area contributed by atoms with Crippen molar-refractivity contribution in [3.8, 4) is 17.2 Å². The van der Waals surface area contributed by atoms with Crippen LogP contribution in [0.2, 0.25) is 0 Å². The fourth-order valence-corrected chi connectivity index (χ4v) is 5.12. The second kappa shape index (κ2) is 10.7. The van der Waals surface area contributed by atoms with Gasteiger partial charge in [0.05, 0.1) is 26.4 Å². The molecule has 6 heteroatoms. The Kier molecular flexibility index (Phi) is 7.67. The van der Waals surface area contributed by atoms with Crippen LogP contribution in [-0.4, -0.2) is 62.7 Å². The molecular formula is C28H38N2O4. The van der Waals surface area contributed by atoms with E-state index < -0.39 is 0 Å².